The topological polar surface area (TPSA) is 77.4 Å². The monoisotopic (exact) mass is 439 g/mol. The fourth-order valence-corrected chi connectivity index (χ4v) is 2.42. The summed E-state index contributed by atoms with van der Waals surface area (Å²) < 4.78 is 25.9. The summed E-state index contributed by atoms with van der Waals surface area (Å²) in [7, 11) is 3.24. The summed E-state index contributed by atoms with van der Waals surface area (Å²) in [6.07, 6.45) is 6.66. The van der Waals surface area contributed by atoms with Gasteiger partial charge in [-0.2, -0.15) is 10.6 Å². The molecule has 0 bridgehead atoms. The van der Waals surface area contributed by atoms with Crippen molar-refractivity contribution in [2.75, 3.05) is 33.7 Å². The van der Waals surface area contributed by atoms with Gasteiger partial charge >= 0.3 is 0 Å². The van der Waals surface area contributed by atoms with Crippen molar-refractivity contribution < 1.29 is 18.5 Å². The predicted octanol–water partition coefficient (Wildman–Crippen LogP) is 2.89. The number of carbonyl (C=O) groups excluding carboxylic acids is 2. The van der Waals surface area contributed by atoms with Crippen molar-refractivity contribution in [3.63, 3.8) is 0 Å². The Morgan fingerprint density at radius 2 is 2.03 bits per heavy atom. The smallest absolute Gasteiger partial charge is 0.274 e. The van der Waals surface area contributed by atoms with E-state index in [9.17, 15) is 18.5 Å². The maximum atomic E-state index is 13.6. The van der Waals surface area contributed by atoms with Crippen molar-refractivity contribution >= 4 is 41.3 Å². The Morgan fingerprint density at radius 3 is 2.63 bits per heavy atom. The number of amides is 1. The second-order valence-corrected chi connectivity index (χ2v) is 6.51. The van der Waals surface area contributed by atoms with Gasteiger partial charge in [-0.05, 0) is 42.8 Å². The fraction of sp³-hybridized carbons (Fsp3) is 0.300. The molecule has 0 aromatic heterocycles. The quantitative estimate of drug-likeness (QED) is 0.249. The van der Waals surface area contributed by atoms with E-state index in [0.717, 1.165) is 16.7 Å². The highest BCUT2D eigenvalue weighted by atomic mass is 35.5. The number of aliphatic imine (C=N–C) groups is 1. The van der Waals surface area contributed by atoms with Crippen molar-refractivity contribution in [3.8, 4) is 0 Å². The van der Waals surface area contributed by atoms with Crippen LogP contribution in [-0.4, -0.2) is 67.3 Å². The fourth-order valence-electron chi connectivity index (χ4n) is 2.19. The third-order valence-electron chi connectivity index (χ3n) is 3.75. The van der Waals surface area contributed by atoms with Crippen LogP contribution in [0.5, 0.6) is 0 Å². The zero-order valence-corrected chi connectivity index (χ0v) is 17.7. The van der Waals surface area contributed by atoms with Crippen molar-refractivity contribution in [1.82, 2.24) is 15.4 Å². The Hall–Kier alpha value is -2.91. The first-order valence-electron chi connectivity index (χ1n) is 8.94. The van der Waals surface area contributed by atoms with E-state index < -0.39 is 11.7 Å². The maximum absolute atomic E-state index is 13.6. The van der Waals surface area contributed by atoms with Crippen LogP contribution in [0.1, 0.15) is 12.5 Å². The Labute approximate surface area is 179 Å². The molecule has 1 rings (SSSR count). The zero-order chi connectivity index (χ0) is 22.5. The van der Waals surface area contributed by atoms with Crippen LogP contribution >= 0.6 is 11.6 Å². The van der Waals surface area contributed by atoms with Gasteiger partial charge in [0.2, 0.25) is 0 Å². The first kappa shape index (κ1) is 25.1. The molecule has 0 aliphatic heterocycles. The summed E-state index contributed by atoms with van der Waals surface area (Å²) in [4.78, 5) is 28.9. The van der Waals surface area contributed by atoms with Crippen LogP contribution in [-0.2, 0) is 9.59 Å². The molecule has 7 nitrogen and oxygen atoms in total. The van der Waals surface area contributed by atoms with Gasteiger partial charge in [0.05, 0.1) is 6.54 Å². The van der Waals surface area contributed by atoms with Gasteiger partial charge in [0.15, 0.2) is 0 Å². The molecular formula is C20H24ClF2N5O2. The molecule has 1 aromatic carbocycles. The molecule has 0 fully saturated rings. The average molecular weight is 440 g/mol. The molecule has 10 heteroatoms. The number of aldehydes is 1. The number of carbonyl (C=O) groups is 2. The van der Waals surface area contributed by atoms with Crippen LogP contribution in [0.15, 0.2) is 46.6 Å². The lowest BCUT2D eigenvalue weighted by Gasteiger charge is -2.20. The van der Waals surface area contributed by atoms with E-state index in [4.69, 9.17) is 11.6 Å². The number of allylic oxidation sites excluding steroid dienone is 1. The van der Waals surface area contributed by atoms with Gasteiger partial charge in [0.25, 0.3) is 5.91 Å². The standard InChI is InChI=1S/C20H24ClF2N5O2/c1-15(24-2)6-8-27(3)26-19(20(30)28(10-11-29)9-7-25-23)5-4-16-12-17(21)14-18(22)13-16/h4-6,8,11-14,25H,7,9-10H2,1-3H3/b5-4+,8-6+,24-15?,26-19+. The van der Waals surface area contributed by atoms with Gasteiger partial charge in [0.1, 0.15) is 17.8 Å². The van der Waals surface area contributed by atoms with E-state index in [1.165, 1.54) is 34.8 Å². The number of benzene rings is 1. The van der Waals surface area contributed by atoms with Gasteiger partial charge in [0, 0.05) is 44.1 Å². The summed E-state index contributed by atoms with van der Waals surface area (Å²) in [6.45, 7) is 1.36. The first-order chi connectivity index (χ1) is 14.3. The van der Waals surface area contributed by atoms with E-state index >= 15 is 0 Å². The average Bonchev–Trinajstić information content (AvgIpc) is 2.71. The molecule has 30 heavy (non-hydrogen) atoms. The largest absolute Gasteiger partial charge is 0.329 e. The molecule has 0 radical (unpaired) electrons. The van der Waals surface area contributed by atoms with Crippen molar-refractivity contribution in [2.45, 2.75) is 6.92 Å². The van der Waals surface area contributed by atoms with Gasteiger partial charge in [-0.1, -0.05) is 17.7 Å². The third kappa shape index (κ3) is 9.06. The second kappa shape index (κ2) is 13.3. The number of nitrogens with one attached hydrogen (secondary N) is 1. The molecule has 0 aliphatic rings. The molecule has 0 spiro atoms. The Bertz CT molecular complexity index is 835. The van der Waals surface area contributed by atoms with E-state index in [0.29, 0.717) is 11.8 Å². The summed E-state index contributed by atoms with van der Waals surface area (Å²) in [5.74, 6) is -1.13. The highest BCUT2D eigenvalue weighted by Gasteiger charge is 2.18. The summed E-state index contributed by atoms with van der Waals surface area (Å²) >= 11 is 5.86. The Kier molecular flexibility index (Phi) is 11.2. The molecular weight excluding hydrogens is 416 g/mol. The lowest BCUT2D eigenvalue weighted by atomic mass is 10.1. The summed E-state index contributed by atoms with van der Waals surface area (Å²) in [5, 5.41) is 5.81. The van der Waals surface area contributed by atoms with Crippen LogP contribution in [0.3, 0.4) is 0 Å². The van der Waals surface area contributed by atoms with E-state index in [1.807, 2.05) is 0 Å². The lowest BCUT2D eigenvalue weighted by Crippen LogP contribution is -2.41. The minimum Gasteiger partial charge on any atom is -0.329 e. The Balaban J connectivity index is 3.26. The number of halogens is 3. The van der Waals surface area contributed by atoms with Crippen molar-refractivity contribution in [3.05, 3.63) is 53.0 Å². The summed E-state index contributed by atoms with van der Waals surface area (Å²) in [6, 6.07) is 3.92. The zero-order valence-electron chi connectivity index (χ0n) is 17.0. The van der Waals surface area contributed by atoms with Gasteiger partial charge in [-0.25, -0.2) is 4.39 Å². The van der Waals surface area contributed by atoms with E-state index in [-0.39, 0.29) is 30.4 Å². The number of hydrazone groups is 1. The third-order valence-corrected chi connectivity index (χ3v) is 3.96. The second-order valence-electron chi connectivity index (χ2n) is 6.08. The lowest BCUT2D eigenvalue weighted by molar-refractivity contribution is -0.126. The van der Waals surface area contributed by atoms with Crippen LogP contribution in [0, 0.1) is 5.82 Å². The van der Waals surface area contributed by atoms with Crippen LogP contribution in [0.4, 0.5) is 8.87 Å². The van der Waals surface area contributed by atoms with Crippen LogP contribution < -0.4 is 5.54 Å². The highest BCUT2D eigenvalue weighted by Crippen LogP contribution is 2.15. The first-order valence-corrected chi connectivity index (χ1v) is 9.32. The molecule has 1 amide bonds. The SMILES string of the molecule is CN=C(C)/C=C/N(C)/N=C(\C=C\c1cc(F)cc(Cl)c1)C(=O)N(CC=O)CCNF. The molecule has 0 atom stereocenters. The maximum Gasteiger partial charge on any atom is 0.274 e. The van der Waals surface area contributed by atoms with Gasteiger partial charge < -0.3 is 9.69 Å². The molecule has 0 aliphatic carbocycles. The number of hydrogen-bond acceptors (Lipinski definition) is 6. The molecule has 0 saturated carbocycles. The number of nitrogens with zero attached hydrogens (tertiary/aromatic N) is 4. The van der Waals surface area contributed by atoms with E-state index in [1.54, 1.807) is 33.3 Å². The van der Waals surface area contributed by atoms with Crippen molar-refractivity contribution in [2.24, 2.45) is 10.1 Å². The predicted molar refractivity (Wildman–Crippen MR) is 116 cm³/mol. The molecule has 1 aromatic rings. The molecule has 0 saturated heterocycles. The van der Waals surface area contributed by atoms with E-state index in [2.05, 4.69) is 10.1 Å². The molecule has 162 valence electrons. The van der Waals surface area contributed by atoms with Crippen LogP contribution in [0.25, 0.3) is 6.08 Å². The minimum atomic E-state index is -0.600. The highest BCUT2D eigenvalue weighted by molar-refractivity contribution is 6.44. The summed E-state index contributed by atoms with van der Waals surface area (Å²) in [5.41, 5.74) is 2.55. The molecule has 0 unspecified atom stereocenters. The van der Waals surface area contributed by atoms with Crippen LogP contribution in [0.2, 0.25) is 5.02 Å². The van der Waals surface area contributed by atoms with Gasteiger partial charge in [-0.3, -0.25) is 14.8 Å². The molecule has 1 N–H and O–H groups in total. The Morgan fingerprint density at radius 1 is 1.30 bits per heavy atom. The van der Waals surface area contributed by atoms with Gasteiger partial charge in [-0.15, -0.1) is 4.48 Å². The van der Waals surface area contributed by atoms with Crippen molar-refractivity contribution in [1.29, 1.82) is 0 Å². The molecule has 0 heterocycles. The number of hydrogen-bond donors (Lipinski definition) is 1. The number of rotatable bonds is 11. The normalized spacial score (nSPS) is 12.6. The minimum absolute atomic E-state index is 0.0469.